The van der Waals surface area contributed by atoms with Crippen LogP contribution < -0.4 is 15.4 Å². The number of rotatable bonds is 6. The third-order valence-corrected chi connectivity index (χ3v) is 4.72. The zero-order valence-electron chi connectivity index (χ0n) is 16.7. The predicted octanol–water partition coefficient (Wildman–Crippen LogP) is 2.10. The van der Waals surface area contributed by atoms with Gasteiger partial charge in [0.15, 0.2) is 5.96 Å². The largest absolute Gasteiger partial charge is 0.488 e. The van der Waals surface area contributed by atoms with E-state index in [1.165, 1.54) is 5.56 Å². The molecule has 0 aliphatic carbocycles. The molecule has 0 fully saturated rings. The number of nitrogens with one attached hydrogen (secondary N) is 2. The Labute approximate surface area is 166 Å². The lowest BCUT2D eigenvalue weighted by Crippen LogP contribution is -2.42. The van der Waals surface area contributed by atoms with Crippen LogP contribution in [0.3, 0.4) is 0 Å². The molecular weight excluding hydrogens is 352 g/mol. The summed E-state index contributed by atoms with van der Waals surface area (Å²) in [7, 11) is 5.29. The van der Waals surface area contributed by atoms with Crippen molar-refractivity contribution in [2.75, 3.05) is 34.2 Å². The van der Waals surface area contributed by atoms with Crippen LogP contribution in [-0.2, 0) is 12.8 Å². The highest BCUT2D eigenvalue weighted by molar-refractivity contribution is 5.94. The fourth-order valence-corrected chi connectivity index (χ4v) is 3.24. The van der Waals surface area contributed by atoms with Crippen molar-refractivity contribution in [1.29, 1.82) is 0 Å². The Morgan fingerprint density at radius 1 is 1.18 bits per heavy atom. The standard InChI is InChI=1S/C22H28N4O2/c1-23-22(25-15-19-14-17-8-4-5-10-20(17)28-19)24-12-11-16-7-6-9-18(13-16)21(27)26(2)3/h4-10,13,19H,11-12,14-15H2,1-3H3,(H2,23,24,25). The van der Waals surface area contributed by atoms with Gasteiger partial charge in [0, 0.05) is 39.7 Å². The molecular formula is C22H28N4O2. The Balaban J connectivity index is 1.44. The van der Waals surface area contributed by atoms with Gasteiger partial charge in [0.25, 0.3) is 5.91 Å². The van der Waals surface area contributed by atoms with Gasteiger partial charge in [-0.2, -0.15) is 0 Å². The van der Waals surface area contributed by atoms with E-state index in [1.807, 2.05) is 42.5 Å². The number of carbonyl (C=O) groups excluding carboxylic acids is 1. The number of aliphatic imine (C=N–C) groups is 1. The molecule has 1 atom stereocenters. The first-order valence-electron chi connectivity index (χ1n) is 9.56. The highest BCUT2D eigenvalue weighted by Crippen LogP contribution is 2.27. The Kier molecular flexibility index (Phi) is 6.53. The van der Waals surface area contributed by atoms with E-state index in [1.54, 1.807) is 26.0 Å². The van der Waals surface area contributed by atoms with Crippen molar-refractivity contribution in [2.24, 2.45) is 4.99 Å². The summed E-state index contributed by atoms with van der Waals surface area (Å²) in [5.41, 5.74) is 3.08. The Morgan fingerprint density at radius 2 is 2.00 bits per heavy atom. The van der Waals surface area contributed by atoms with Gasteiger partial charge in [0.05, 0.1) is 6.54 Å². The monoisotopic (exact) mass is 380 g/mol. The lowest BCUT2D eigenvalue weighted by Gasteiger charge is -2.16. The number of guanidine groups is 1. The molecule has 1 amide bonds. The van der Waals surface area contributed by atoms with Crippen LogP contribution in [0.5, 0.6) is 5.75 Å². The number of ether oxygens (including phenoxy) is 1. The van der Waals surface area contributed by atoms with Crippen LogP contribution in [0.4, 0.5) is 0 Å². The van der Waals surface area contributed by atoms with Crippen molar-refractivity contribution in [3.05, 3.63) is 65.2 Å². The fourth-order valence-electron chi connectivity index (χ4n) is 3.24. The van der Waals surface area contributed by atoms with Crippen molar-refractivity contribution >= 4 is 11.9 Å². The van der Waals surface area contributed by atoms with E-state index in [9.17, 15) is 4.79 Å². The topological polar surface area (TPSA) is 66.0 Å². The molecule has 3 rings (SSSR count). The summed E-state index contributed by atoms with van der Waals surface area (Å²) in [4.78, 5) is 18.0. The lowest BCUT2D eigenvalue weighted by atomic mass is 10.1. The molecule has 1 aliphatic heterocycles. The molecule has 2 aromatic rings. The van der Waals surface area contributed by atoms with Crippen molar-refractivity contribution in [2.45, 2.75) is 18.9 Å². The summed E-state index contributed by atoms with van der Waals surface area (Å²) < 4.78 is 5.95. The Morgan fingerprint density at radius 3 is 2.75 bits per heavy atom. The normalized spacial score (nSPS) is 15.5. The molecule has 148 valence electrons. The van der Waals surface area contributed by atoms with Gasteiger partial charge in [0.1, 0.15) is 11.9 Å². The molecule has 1 heterocycles. The zero-order valence-corrected chi connectivity index (χ0v) is 16.7. The van der Waals surface area contributed by atoms with Crippen molar-refractivity contribution in [3.63, 3.8) is 0 Å². The summed E-state index contributed by atoms with van der Waals surface area (Å²) in [6.45, 7) is 1.42. The number of para-hydroxylation sites is 1. The summed E-state index contributed by atoms with van der Waals surface area (Å²) >= 11 is 0. The van der Waals surface area contributed by atoms with Crippen LogP contribution in [0.15, 0.2) is 53.5 Å². The Bertz CT molecular complexity index is 823. The molecule has 6 nitrogen and oxygen atoms in total. The number of amides is 1. The molecule has 0 saturated heterocycles. The van der Waals surface area contributed by atoms with E-state index in [4.69, 9.17) is 4.74 Å². The maximum atomic E-state index is 12.1. The quantitative estimate of drug-likeness (QED) is 0.595. The van der Waals surface area contributed by atoms with E-state index in [0.717, 1.165) is 36.7 Å². The second-order valence-corrected chi connectivity index (χ2v) is 7.08. The van der Waals surface area contributed by atoms with Crippen molar-refractivity contribution < 1.29 is 9.53 Å². The molecule has 0 bridgehead atoms. The van der Waals surface area contributed by atoms with Gasteiger partial charge >= 0.3 is 0 Å². The van der Waals surface area contributed by atoms with Crippen molar-refractivity contribution in [3.8, 4) is 5.75 Å². The number of carbonyl (C=O) groups is 1. The molecule has 28 heavy (non-hydrogen) atoms. The zero-order chi connectivity index (χ0) is 19.9. The summed E-state index contributed by atoms with van der Waals surface area (Å²) in [5.74, 6) is 1.74. The number of benzene rings is 2. The maximum absolute atomic E-state index is 12.1. The number of nitrogens with zero attached hydrogens (tertiary/aromatic N) is 2. The molecule has 0 aromatic heterocycles. The minimum atomic E-state index is 0.0184. The second kappa shape index (κ2) is 9.26. The molecule has 1 aliphatic rings. The fraction of sp³-hybridized carbons (Fsp3) is 0.364. The molecule has 6 heteroatoms. The van der Waals surface area contributed by atoms with Crippen LogP contribution >= 0.6 is 0 Å². The van der Waals surface area contributed by atoms with Gasteiger partial charge < -0.3 is 20.3 Å². The maximum Gasteiger partial charge on any atom is 0.253 e. The second-order valence-electron chi connectivity index (χ2n) is 7.08. The SMILES string of the molecule is CN=C(NCCc1cccc(C(=O)N(C)C)c1)NCC1Cc2ccccc2O1. The van der Waals surface area contributed by atoms with E-state index >= 15 is 0 Å². The number of fused-ring (bicyclic) bond motifs is 1. The van der Waals surface area contributed by atoms with E-state index in [2.05, 4.69) is 21.7 Å². The van der Waals surface area contributed by atoms with Crippen molar-refractivity contribution in [1.82, 2.24) is 15.5 Å². The number of hydrogen-bond donors (Lipinski definition) is 2. The first-order valence-corrected chi connectivity index (χ1v) is 9.56. The molecule has 0 radical (unpaired) electrons. The van der Waals surface area contributed by atoms with Gasteiger partial charge in [-0.15, -0.1) is 0 Å². The third kappa shape index (κ3) is 5.03. The van der Waals surface area contributed by atoms with Gasteiger partial charge in [0.2, 0.25) is 0 Å². The average molecular weight is 380 g/mol. The van der Waals surface area contributed by atoms with Gasteiger partial charge in [-0.25, -0.2) is 0 Å². The molecule has 2 aromatic carbocycles. The minimum absolute atomic E-state index is 0.0184. The van der Waals surface area contributed by atoms with Crippen LogP contribution in [0.1, 0.15) is 21.5 Å². The molecule has 0 spiro atoms. The summed E-state index contributed by atoms with van der Waals surface area (Å²) in [6, 6.07) is 15.9. The Hall–Kier alpha value is -3.02. The summed E-state index contributed by atoms with van der Waals surface area (Å²) in [6.07, 6.45) is 1.83. The smallest absolute Gasteiger partial charge is 0.253 e. The first kappa shape index (κ1) is 19.7. The van der Waals surface area contributed by atoms with E-state index < -0.39 is 0 Å². The van der Waals surface area contributed by atoms with E-state index in [-0.39, 0.29) is 12.0 Å². The van der Waals surface area contributed by atoms with Crippen LogP contribution in [0.25, 0.3) is 0 Å². The highest BCUT2D eigenvalue weighted by Gasteiger charge is 2.22. The predicted molar refractivity (Wildman–Crippen MR) is 112 cm³/mol. The average Bonchev–Trinajstić information content (AvgIpc) is 3.13. The van der Waals surface area contributed by atoms with Crippen LogP contribution in [0.2, 0.25) is 0 Å². The lowest BCUT2D eigenvalue weighted by molar-refractivity contribution is 0.0827. The van der Waals surface area contributed by atoms with Gasteiger partial charge in [-0.1, -0.05) is 30.3 Å². The first-order chi connectivity index (χ1) is 13.6. The van der Waals surface area contributed by atoms with Crippen LogP contribution in [-0.4, -0.2) is 57.1 Å². The van der Waals surface area contributed by atoms with Gasteiger partial charge in [-0.05, 0) is 35.7 Å². The number of hydrogen-bond acceptors (Lipinski definition) is 3. The molecule has 1 unspecified atom stereocenters. The van der Waals surface area contributed by atoms with Gasteiger partial charge in [-0.3, -0.25) is 9.79 Å². The highest BCUT2D eigenvalue weighted by atomic mass is 16.5. The minimum Gasteiger partial charge on any atom is -0.488 e. The molecule has 2 N–H and O–H groups in total. The third-order valence-electron chi connectivity index (χ3n) is 4.72. The van der Waals surface area contributed by atoms with Crippen LogP contribution in [0, 0.1) is 0 Å². The summed E-state index contributed by atoms with van der Waals surface area (Å²) in [5, 5.41) is 6.65. The molecule has 0 saturated carbocycles. The van der Waals surface area contributed by atoms with E-state index in [0.29, 0.717) is 12.1 Å².